The van der Waals surface area contributed by atoms with E-state index in [2.05, 4.69) is 12.2 Å². The molecule has 0 radical (unpaired) electrons. The average Bonchev–Trinajstić information content (AvgIpc) is 2.36. The molecule has 0 bridgehead atoms. The van der Waals surface area contributed by atoms with E-state index in [1.54, 1.807) is 0 Å². The summed E-state index contributed by atoms with van der Waals surface area (Å²) in [6, 6.07) is 0.710. The SMILES string of the molecule is CCOC1CC(NCCC2CCCCO2)C12CCC2. The fraction of sp³-hybridized carbons (Fsp3) is 1.00. The van der Waals surface area contributed by atoms with E-state index >= 15 is 0 Å². The highest BCUT2D eigenvalue weighted by Crippen LogP contribution is 2.57. The second kappa shape index (κ2) is 6.11. The van der Waals surface area contributed by atoms with Gasteiger partial charge in [0.05, 0.1) is 12.2 Å². The lowest BCUT2D eigenvalue weighted by Crippen LogP contribution is -2.67. The molecule has 0 aromatic heterocycles. The van der Waals surface area contributed by atoms with Crippen LogP contribution in [0.15, 0.2) is 0 Å². The Labute approximate surface area is 117 Å². The molecule has 0 aromatic carbocycles. The molecule has 3 fully saturated rings. The highest BCUT2D eigenvalue weighted by atomic mass is 16.5. The molecular formula is C16H29NO2. The summed E-state index contributed by atoms with van der Waals surface area (Å²) >= 11 is 0. The lowest BCUT2D eigenvalue weighted by Gasteiger charge is -2.61. The van der Waals surface area contributed by atoms with Gasteiger partial charge < -0.3 is 14.8 Å². The minimum absolute atomic E-state index is 0.503. The number of rotatable bonds is 6. The maximum atomic E-state index is 5.90. The molecule has 3 heteroatoms. The normalized spacial score (nSPS) is 36.8. The molecule has 0 aromatic rings. The minimum atomic E-state index is 0.503. The molecule has 2 aliphatic carbocycles. The molecule has 3 nitrogen and oxygen atoms in total. The van der Waals surface area contributed by atoms with Gasteiger partial charge in [-0.15, -0.1) is 0 Å². The third kappa shape index (κ3) is 2.70. The Morgan fingerprint density at radius 3 is 2.79 bits per heavy atom. The number of hydrogen-bond donors (Lipinski definition) is 1. The van der Waals surface area contributed by atoms with E-state index < -0.39 is 0 Å². The average molecular weight is 267 g/mol. The van der Waals surface area contributed by atoms with Crippen molar-refractivity contribution in [3.8, 4) is 0 Å². The van der Waals surface area contributed by atoms with Crippen LogP contribution in [0, 0.1) is 5.41 Å². The van der Waals surface area contributed by atoms with Gasteiger partial charge in [0, 0.05) is 24.7 Å². The van der Waals surface area contributed by atoms with Crippen LogP contribution in [-0.2, 0) is 9.47 Å². The molecule has 3 unspecified atom stereocenters. The third-order valence-corrected chi connectivity index (χ3v) is 5.57. The van der Waals surface area contributed by atoms with E-state index in [1.165, 1.54) is 51.4 Å². The fourth-order valence-corrected chi connectivity index (χ4v) is 4.18. The zero-order valence-electron chi connectivity index (χ0n) is 12.3. The van der Waals surface area contributed by atoms with Crippen molar-refractivity contribution >= 4 is 0 Å². The Balaban J connectivity index is 1.39. The number of ether oxygens (including phenoxy) is 2. The zero-order valence-corrected chi connectivity index (χ0v) is 12.3. The van der Waals surface area contributed by atoms with Gasteiger partial charge in [0.2, 0.25) is 0 Å². The predicted molar refractivity (Wildman–Crippen MR) is 76.3 cm³/mol. The molecule has 1 saturated heterocycles. The van der Waals surface area contributed by atoms with Gasteiger partial charge in [0.25, 0.3) is 0 Å². The molecule has 19 heavy (non-hydrogen) atoms. The summed E-state index contributed by atoms with van der Waals surface area (Å²) in [5.74, 6) is 0. The standard InChI is InChI=1S/C16H29NO2/c1-2-18-15-12-14(16(15)8-5-9-16)17-10-7-13-6-3-4-11-19-13/h13-15,17H,2-12H2,1H3. The molecule has 3 rings (SSSR count). The lowest BCUT2D eigenvalue weighted by atomic mass is 9.51. The van der Waals surface area contributed by atoms with Crippen LogP contribution in [0.2, 0.25) is 0 Å². The van der Waals surface area contributed by atoms with E-state index in [0.717, 1.165) is 19.8 Å². The van der Waals surface area contributed by atoms with Gasteiger partial charge in [-0.1, -0.05) is 6.42 Å². The van der Waals surface area contributed by atoms with Crippen molar-refractivity contribution in [3.63, 3.8) is 0 Å². The Morgan fingerprint density at radius 2 is 2.16 bits per heavy atom. The Hall–Kier alpha value is -0.120. The first-order chi connectivity index (χ1) is 9.35. The number of hydrogen-bond acceptors (Lipinski definition) is 3. The first-order valence-electron chi connectivity index (χ1n) is 8.32. The van der Waals surface area contributed by atoms with Gasteiger partial charge in [-0.25, -0.2) is 0 Å². The van der Waals surface area contributed by atoms with Gasteiger partial charge in [-0.05, 0) is 58.4 Å². The Morgan fingerprint density at radius 1 is 1.26 bits per heavy atom. The molecule has 1 heterocycles. The summed E-state index contributed by atoms with van der Waals surface area (Å²) in [5, 5.41) is 3.79. The first kappa shape index (κ1) is 13.8. The summed E-state index contributed by atoms with van der Waals surface area (Å²) in [4.78, 5) is 0. The van der Waals surface area contributed by atoms with E-state index in [1.807, 2.05) is 0 Å². The van der Waals surface area contributed by atoms with Gasteiger partial charge in [0.1, 0.15) is 0 Å². The molecule has 3 atom stereocenters. The topological polar surface area (TPSA) is 30.5 Å². The Kier molecular flexibility index (Phi) is 4.45. The first-order valence-corrected chi connectivity index (χ1v) is 8.32. The van der Waals surface area contributed by atoms with E-state index in [-0.39, 0.29) is 0 Å². The van der Waals surface area contributed by atoms with Crippen molar-refractivity contribution in [1.29, 1.82) is 0 Å². The molecule has 3 aliphatic rings. The van der Waals surface area contributed by atoms with E-state index in [4.69, 9.17) is 9.47 Å². The van der Waals surface area contributed by atoms with Crippen LogP contribution in [0.1, 0.15) is 58.3 Å². The van der Waals surface area contributed by atoms with Crippen LogP contribution >= 0.6 is 0 Å². The van der Waals surface area contributed by atoms with Crippen molar-refractivity contribution < 1.29 is 9.47 Å². The van der Waals surface area contributed by atoms with Crippen LogP contribution in [0.25, 0.3) is 0 Å². The summed E-state index contributed by atoms with van der Waals surface area (Å²) in [6.45, 7) is 5.09. The van der Waals surface area contributed by atoms with E-state index in [9.17, 15) is 0 Å². The quantitative estimate of drug-likeness (QED) is 0.802. The van der Waals surface area contributed by atoms with Gasteiger partial charge in [-0.2, -0.15) is 0 Å². The second-order valence-corrected chi connectivity index (χ2v) is 6.55. The number of nitrogens with one attached hydrogen (secondary N) is 1. The minimum Gasteiger partial charge on any atom is -0.378 e. The summed E-state index contributed by atoms with van der Waals surface area (Å²) in [7, 11) is 0. The van der Waals surface area contributed by atoms with Gasteiger partial charge >= 0.3 is 0 Å². The van der Waals surface area contributed by atoms with Crippen molar-refractivity contribution in [2.24, 2.45) is 5.41 Å². The van der Waals surface area contributed by atoms with E-state index in [0.29, 0.717) is 23.7 Å². The molecule has 1 aliphatic heterocycles. The van der Waals surface area contributed by atoms with Crippen LogP contribution in [0.4, 0.5) is 0 Å². The Bertz CT molecular complexity index is 284. The van der Waals surface area contributed by atoms with Crippen molar-refractivity contribution in [1.82, 2.24) is 5.32 Å². The molecular weight excluding hydrogens is 238 g/mol. The highest BCUT2D eigenvalue weighted by Gasteiger charge is 2.58. The van der Waals surface area contributed by atoms with Crippen molar-refractivity contribution in [3.05, 3.63) is 0 Å². The summed E-state index contributed by atoms with van der Waals surface area (Å²) in [6.07, 6.45) is 11.5. The lowest BCUT2D eigenvalue weighted by molar-refractivity contribution is -0.173. The maximum absolute atomic E-state index is 5.90. The monoisotopic (exact) mass is 267 g/mol. The zero-order chi connectivity index (χ0) is 13.1. The molecule has 1 spiro atoms. The van der Waals surface area contributed by atoms with Gasteiger partial charge in [-0.3, -0.25) is 0 Å². The molecule has 1 N–H and O–H groups in total. The largest absolute Gasteiger partial charge is 0.378 e. The molecule has 2 saturated carbocycles. The molecule has 110 valence electrons. The third-order valence-electron chi connectivity index (χ3n) is 5.57. The van der Waals surface area contributed by atoms with Crippen molar-refractivity contribution in [2.75, 3.05) is 19.8 Å². The predicted octanol–water partition coefficient (Wildman–Crippen LogP) is 2.88. The van der Waals surface area contributed by atoms with Crippen LogP contribution in [-0.4, -0.2) is 38.0 Å². The summed E-state index contributed by atoms with van der Waals surface area (Å²) < 4.78 is 11.7. The van der Waals surface area contributed by atoms with Crippen LogP contribution < -0.4 is 5.32 Å². The second-order valence-electron chi connectivity index (χ2n) is 6.55. The fourth-order valence-electron chi connectivity index (χ4n) is 4.18. The van der Waals surface area contributed by atoms with Crippen molar-refractivity contribution in [2.45, 2.75) is 76.5 Å². The smallest absolute Gasteiger partial charge is 0.0661 e. The highest BCUT2D eigenvalue weighted by molar-refractivity contribution is 5.12. The summed E-state index contributed by atoms with van der Waals surface area (Å²) in [5.41, 5.74) is 0.503. The van der Waals surface area contributed by atoms with Gasteiger partial charge in [0.15, 0.2) is 0 Å². The maximum Gasteiger partial charge on any atom is 0.0661 e. The van der Waals surface area contributed by atoms with Crippen LogP contribution in [0.3, 0.4) is 0 Å². The van der Waals surface area contributed by atoms with Crippen LogP contribution in [0.5, 0.6) is 0 Å². The molecule has 0 amide bonds.